The van der Waals surface area contributed by atoms with Crippen molar-refractivity contribution in [3.05, 3.63) is 28.3 Å². The number of primary sulfonamides is 1. The monoisotopic (exact) mass is 286 g/mol. The van der Waals surface area contributed by atoms with E-state index in [4.69, 9.17) is 5.14 Å². The minimum atomic E-state index is -3.98. The molecule has 0 unspecified atom stereocenters. The van der Waals surface area contributed by atoms with Gasteiger partial charge in [-0.05, 0) is 25.5 Å². The predicted octanol–water partition coefficient (Wildman–Crippen LogP) is 1.44. The third-order valence-corrected chi connectivity index (χ3v) is 3.28. The van der Waals surface area contributed by atoms with Crippen LogP contribution in [0, 0.1) is 10.1 Å². The van der Waals surface area contributed by atoms with Crippen LogP contribution in [0.3, 0.4) is 0 Å². The first kappa shape index (κ1) is 15.1. The molecule has 1 aromatic carbocycles. The molecule has 0 aliphatic rings. The SMILES string of the molecule is CC/C(C)=N\Nc1ccc(S(N)(=O)=O)cc1[N+](=O)[O-]. The van der Waals surface area contributed by atoms with E-state index in [1.807, 2.05) is 6.92 Å². The number of hydrazone groups is 1. The molecule has 0 amide bonds. The molecule has 0 aliphatic heterocycles. The summed E-state index contributed by atoms with van der Waals surface area (Å²) >= 11 is 0. The Morgan fingerprint density at radius 1 is 1.53 bits per heavy atom. The van der Waals surface area contributed by atoms with Gasteiger partial charge in [0.1, 0.15) is 5.69 Å². The largest absolute Gasteiger partial charge is 0.295 e. The lowest BCUT2D eigenvalue weighted by Gasteiger charge is -2.05. The summed E-state index contributed by atoms with van der Waals surface area (Å²) in [6, 6.07) is 3.33. The second-order valence-electron chi connectivity index (χ2n) is 3.79. The number of sulfonamides is 1. The zero-order valence-corrected chi connectivity index (χ0v) is 11.3. The molecule has 0 fully saturated rings. The van der Waals surface area contributed by atoms with E-state index in [1.54, 1.807) is 6.92 Å². The lowest BCUT2D eigenvalue weighted by atomic mass is 10.3. The van der Waals surface area contributed by atoms with Crippen LogP contribution >= 0.6 is 0 Å². The molecule has 0 saturated heterocycles. The average molecular weight is 286 g/mol. The molecule has 0 heterocycles. The van der Waals surface area contributed by atoms with Crippen molar-refractivity contribution in [1.29, 1.82) is 0 Å². The van der Waals surface area contributed by atoms with Crippen LogP contribution < -0.4 is 10.6 Å². The molecule has 104 valence electrons. The minimum absolute atomic E-state index is 0.102. The third-order valence-electron chi connectivity index (χ3n) is 2.37. The van der Waals surface area contributed by atoms with Gasteiger partial charge in [0, 0.05) is 11.8 Å². The van der Waals surface area contributed by atoms with E-state index in [1.165, 1.54) is 12.1 Å². The molecule has 8 nitrogen and oxygen atoms in total. The molecular weight excluding hydrogens is 272 g/mol. The molecule has 9 heteroatoms. The van der Waals surface area contributed by atoms with Gasteiger partial charge in [0.25, 0.3) is 5.69 Å². The fourth-order valence-electron chi connectivity index (χ4n) is 1.17. The molecule has 0 bridgehead atoms. The van der Waals surface area contributed by atoms with Gasteiger partial charge < -0.3 is 0 Å². The molecule has 19 heavy (non-hydrogen) atoms. The number of rotatable bonds is 5. The number of anilines is 1. The zero-order valence-electron chi connectivity index (χ0n) is 10.5. The predicted molar refractivity (Wildman–Crippen MR) is 71.5 cm³/mol. The van der Waals surface area contributed by atoms with Gasteiger partial charge in [0.15, 0.2) is 0 Å². The van der Waals surface area contributed by atoms with Crippen molar-refractivity contribution in [2.75, 3.05) is 5.43 Å². The highest BCUT2D eigenvalue weighted by Crippen LogP contribution is 2.27. The van der Waals surface area contributed by atoms with Crippen LogP contribution in [0.15, 0.2) is 28.2 Å². The maximum atomic E-state index is 11.1. The summed E-state index contributed by atoms with van der Waals surface area (Å²) in [7, 11) is -3.98. The lowest BCUT2D eigenvalue weighted by Crippen LogP contribution is -2.12. The standard InChI is InChI=1S/C10H14N4O4S/c1-3-7(2)12-13-9-5-4-8(19(11,17)18)6-10(9)14(15)16/h4-6,13H,3H2,1-2H3,(H2,11,17,18)/b12-7-. The number of nitro benzene ring substituents is 1. The van der Waals surface area contributed by atoms with E-state index < -0.39 is 20.6 Å². The van der Waals surface area contributed by atoms with Gasteiger partial charge in [-0.15, -0.1) is 0 Å². The summed E-state index contributed by atoms with van der Waals surface area (Å²) in [5.41, 5.74) is 2.99. The van der Waals surface area contributed by atoms with Gasteiger partial charge in [-0.1, -0.05) is 6.92 Å². The van der Waals surface area contributed by atoms with Gasteiger partial charge in [-0.3, -0.25) is 15.5 Å². The summed E-state index contributed by atoms with van der Waals surface area (Å²) in [6.07, 6.45) is 0.691. The topological polar surface area (TPSA) is 128 Å². The van der Waals surface area contributed by atoms with Crippen LogP contribution in [0.25, 0.3) is 0 Å². The number of nitrogens with one attached hydrogen (secondary N) is 1. The molecule has 3 N–H and O–H groups in total. The first-order valence-electron chi connectivity index (χ1n) is 5.36. The molecule has 1 rings (SSSR count). The molecule has 0 aliphatic carbocycles. The normalized spacial score (nSPS) is 12.3. The third kappa shape index (κ3) is 4.00. The van der Waals surface area contributed by atoms with Crippen molar-refractivity contribution in [2.24, 2.45) is 10.2 Å². The Balaban J connectivity index is 3.24. The molecule has 0 atom stereocenters. The first-order chi connectivity index (χ1) is 8.75. The highest BCUT2D eigenvalue weighted by molar-refractivity contribution is 7.89. The highest BCUT2D eigenvalue weighted by atomic mass is 32.2. The Kier molecular flexibility index (Phi) is 4.57. The lowest BCUT2D eigenvalue weighted by molar-refractivity contribution is -0.384. The van der Waals surface area contributed by atoms with Crippen molar-refractivity contribution in [3.63, 3.8) is 0 Å². The average Bonchev–Trinajstić information content (AvgIpc) is 2.34. The van der Waals surface area contributed by atoms with E-state index in [9.17, 15) is 18.5 Å². The summed E-state index contributed by atoms with van der Waals surface area (Å²) in [6.45, 7) is 3.65. The van der Waals surface area contributed by atoms with Crippen LogP contribution in [0.1, 0.15) is 20.3 Å². The van der Waals surface area contributed by atoms with E-state index in [-0.39, 0.29) is 10.6 Å². The van der Waals surface area contributed by atoms with Gasteiger partial charge >= 0.3 is 0 Å². The Bertz CT molecular complexity index is 624. The smallest absolute Gasteiger partial charge is 0.272 e. The number of nitro groups is 1. The Morgan fingerprint density at radius 3 is 2.63 bits per heavy atom. The Morgan fingerprint density at radius 2 is 2.16 bits per heavy atom. The maximum absolute atomic E-state index is 11.1. The van der Waals surface area contributed by atoms with Crippen molar-refractivity contribution >= 4 is 27.1 Å². The van der Waals surface area contributed by atoms with Crippen molar-refractivity contribution < 1.29 is 13.3 Å². The Labute approximate surface area is 110 Å². The summed E-state index contributed by atoms with van der Waals surface area (Å²) < 4.78 is 22.3. The van der Waals surface area contributed by atoms with Gasteiger partial charge in [0.05, 0.1) is 9.82 Å². The number of nitrogens with zero attached hydrogens (tertiary/aromatic N) is 2. The molecule has 1 aromatic rings. The van der Waals surface area contributed by atoms with E-state index >= 15 is 0 Å². The van der Waals surface area contributed by atoms with Crippen LogP contribution in [0.2, 0.25) is 0 Å². The van der Waals surface area contributed by atoms with E-state index in [0.717, 1.165) is 11.8 Å². The number of hydrogen-bond donors (Lipinski definition) is 2. The molecule has 0 aromatic heterocycles. The van der Waals surface area contributed by atoms with E-state index in [2.05, 4.69) is 10.5 Å². The van der Waals surface area contributed by atoms with Crippen LogP contribution in [-0.2, 0) is 10.0 Å². The van der Waals surface area contributed by atoms with Gasteiger partial charge in [-0.25, -0.2) is 13.6 Å². The van der Waals surface area contributed by atoms with Crippen LogP contribution in [0.5, 0.6) is 0 Å². The zero-order chi connectivity index (χ0) is 14.6. The second kappa shape index (κ2) is 5.76. The fraction of sp³-hybridized carbons (Fsp3) is 0.300. The molecule has 0 saturated carbocycles. The number of hydrogen-bond acceptors (Lipinski definition) is 6. The summed E-state index contributed by atoms with van der Waals surface area (Å²) in [5, 5.41) is 19.7. The van der Waals surface area contributed by atoms with Crippen LogP contribution in [-0.4, -0.2) is 19.1 Å². The Hall–Kier alpha value is -2.00. The first-order valence-corrected chi connectivity index (χ1v) is 6.90. The van der Waals surface area contributed by atoms with Crippen molar-refractivity contribution in [3.8, 4) is 0 Å². The molecule has 0 radical (unpaired) electrons. The minimum Gasteiger partial charge on any atom is -0.272 e. The highest BCUT2D eigenvalue weighted by Gasteiger charge is 2.18. The summed E-state index contributed by atoms with van der Waals surface area (Å²) in [4.78, 5) is 9.88. The molecule has 0 spiro atoms. The number of benzene rings is 1. The van der Waals surface area contributed by atoms with Crippen molar-refractivity contribution in [2.45, 2.75) is 25.2 Å². The van der Waals surface area contributed by atoms with Gasteiger partial charge in [0.2, 0.25) is 10.0 Å². The van der Waals surface area contributed by atoms with Crippen LogP contribution in [0.4, 0.5) is 11.4 Å². The maximum Gasteiger partial charge on any atom is 0.295 e. The second-order valence-corrected chi connectivity index (χ2v) is 5.35. The van der Waals surface area contributed by atoms with E-state index in [0.29, 0.717) is 6.42 Å². The van der Waals surface area contributed by atoms with Gasteiger partial charge in [-0.2, -0.15) is 5.10 Å². The number of nitrogens with two attached hydrogens (primary N) is 1. The fourth-order valence-corrected chi connectivity index (χ4v) is 1.70. The van der Waals surface area contributed by atoms with Crippen molar-refractivity contribution in [1.82, 2.24) is 0 Å². The molecular formula is C10H14N4O4S. The summed E-state index contributed by atoms with van der Waals surface area (Å²) in [5.74, 6) is 0. The quantitative estimate of drug-likeness (QED) is 0.481.